The molecule has 2 N–H and O–H groups in total. The summed E-state index contributed by atoms with van der Waals surface area (Å²) in [6.45, 7) is 0. The van der Waals surface area contributed by atoms with E-state index in [0.717, 1.165) is 6.26 Å². The maximum Gasteiger partial charge on any atom is 0.274 e. The molecule has 6 nitrogen and oxygen atoms in total. The normalized spacial score (nSPS) is 11.0. The number of benzene rings is 1. The van der Waals surface area contributed by atoms with Crippen LogP contribution in [0.4, 0.5) is 11.4 Å². The lowest BCUT2D eigenvalue weighted by atomic mass is 10.2. The Balaban J connectivity index is 2.26. The second-order valence-electron chi connectivity index (χ2n) is 4.23. The van der Waals surface area contributed by atoms with Gasteiger partial charge in [0.15, 0.2) is 0 Å². The number of hydrogen-bond donors (Lipinski definition) is 2. The molecular formula is C13H12ClN3O3S. The number of para-hydroxylation sites is 2. The van der Waals surface area contributed by atoms with Crippen molar-refractivity contribution in [3.05, 3.63) is 53.3 Å². The number of anilines is 2. The van der Waals surface area contributed by atoms with E-state index in [-0.39, 0.29) is 11.4 Å². The highest BCUT2D eigenvalue weighted by Crippen LogP contribution is 2.22. The molecule has 0 bridgehead atoms. The Hall–Kier alpha value is -2.12. The van der Waals surface area contributed by atoms with Gasteiger partial charge in [-0.25, -0.2) is 8.42 Å². The molecule has 2 rings (SSSR count). The molecule has 0 radical (unpaired) electrons. The van der Waals surface area contributed by atoms with Crippen molar-refractivity contribution in [1.29, 1.82) is 0 Å². The van der Waals surface area contributed by atoms with Crippen LogP contribution in [-0.2, 0) is 10.0 Å². The van der Waals surface area contributed by atoms with E-state index >= 15 is 0 Å². The summed E-state index contributed by atoms with van der Waals surface area (Å²) in [5.74, 6) is -0.486. The van der Waals surface area contributed by atoms with Crippen molar-refractivity contribution in [2.45, 2.75) is 0 Å². The van der Waals surface area contributed by atoms with Gasteiger partial charge >= 0.3 is 0 Å². The van der Waals surface area contributed by atoms with Gasteiger partial charge in [-0.2, -0.15) is 0 Å². The van der Waals surface area contributed by atoms with Crippen LogP contribution in [0.15, 0.2) is 42.6 Å². The van der Waals surface area contributed by atoms with Crippen molar-refractivity contribution in [2.24, 2.45) is 0 Å². The van der Waals surface area contributed by atoms with Gasteiger partial charge in [0.2, 0.25) is 10.0 Å². The van der Waals surface area contributed by atoms with Crippen LogP contribution in [0.3, 0.4) is 0 Å². The zero-order valence-corrected chi connectivity index (χ0v) is 12.6. The summed E-state index contributed by atoms with van der Waals surface area (Å²) in [4.78, 5) is 16.0. The number of pyridine rings is 1. The van der Waals surface area contributed by atoms with Crippen LogP contribution in [0.25, 0.3) is 0 Å². The molecule has 2 aromatic rings. The average molecular weight is 326 g/mol. The van der Waals surface area contributed by atoms with Crippen LogP contribution in [0, 0.1) is 0 Å². The fourth-order valence-corrected chi connectivity index (χ4v) is 2.33. The zero-order valence-electron chi connectivity index (χ0n) is 11.0. The first-order valence-electron chi connectivity index (χ1n) is 5.85. The molecule has 1 aromatic heterocycles. The first-order chi connectivity index (χ1) is 9.85. The number of hydrogen-bond acceptors (Lipinski definition) is 4. The molecule has 0 saturated heterocycles. The summed E-state index contributed by atoms with van der Waals surface area (Å²) < 4.78 is 24.9. The van der Waals surface area contributed by atoms with E-state index in [4.69, 9.17) is 11.6 Å². The second kappa shape index (κ2) is 6.11. The summed E-state index contributed by atoms with van der Waals surface area (Å²) in [7, 11) is -3.44. The van der Waals surface area contributed by atoms with E-state index in [1.165, 1.54) is 12.3 Å². The van der Waals surface area contributed by atoms with Gasteiger partial charge in [0.05, 0.1) is 17.6 Å². The SMILES string of the molecule is CS(=O)(=O)Nc1ccccc1NC(=O)c1cc(Cl)ccn1. The number of carbonyl (C=O) groups is 1. The average Bonchev–Trinajstić information content (AvgIpc) is 2.39. The highest BCUT2D eigenvalue weighted by Gasteiger charge is 2.12. The maximum absolute atomic E-state index is 12.1. The first kappa shape index (κ1) is 15.3. The number of rotatable bonds is 4. The van der Waals surface area contributed by atoms with E-state index in [2.05, 4.69) is 15.0 Å². The Labute approximate surface area is 127 Å². The summed E-state index contributed by atoms with van der Waals surface area (Å²) >= 11 is 5.80. The number of carbonyl (C=O) groups excluding carboxylic acids is 1. The van der Waals surface area contributed by atoms with Crippen LogP contribution in [0.2, 0.25) is 5.02 Å². The molecule has 0 aliphatic rings. The fraction of sp³-hybridized carbons (Fsp3) is 0.0769. The molecule has 0 aliphatic heterocycles. The third-order valence-corrected chi connectivity index (χ3v) is 3.25. The molecule has 0 atom stereocenters. The molecule has 0 fully saturated rings. The van der Waals surface area contributed by atoms with Gasteiger partial charge < -0.3 is 5.32 Å². The lowest BCUT2D eigenvalue weighted by molar-refractivity contribution is 0.102. The molecular weight excluding hydrogens is 314 g/mol. The van der Waals surface area contributed by atoms with Gasteiger partial charge in [-0.3, -0.25) is 14.5 Å². The molecule has 1 heterocycles. The van der Waals surface area contributed by atoms with Crippen LogP contribution >= 0.6 is 11.6 Å². The molecule has 0 spiro atoms. The molecule has 1 aromatic carbocycles. The molecule has 0 unspecified atom stereocenters. The van der Waals surface area contributed by atoms with Gasteiger partial charge in [0, 0.05) is 11.2 Å². The van der Waals surface area contributed by atoms with E-state index in [1.807, 2.05) is 0 Å². The number of amides is 1. The zero-order chi connectivity index (χ0) is 15.5. The Morgan fingerprint density at radius 1 is 1.19 bits per heavy atom. The fourth-order valence-electron chi connectivity index (χ4n) is 1.60. The van der Waals surface area contributed by atoms with Crippen LogP contribution in [0.5, 0.6) is 0 Å². The summed E-state index contributed by atoms with van der Waals surface area (Å²) in [5.41, 5.74) is 0.738. The van der Waals surface area contributed by atoms with Crippen molar-refractivity contribution in [1.82, 2.24) is 4.98 Å². The quantitative estimate of drug-likeness (QED) is 0.903. The van der Waals surface area contributed by atoms with Gasteiger partial charge in [-0.15, -0.1) is 0 Å². The number of nitrogens with zero attached hydrogens (tertiary/aromatic N) is 1. The topological polar surface area (TPSA) is 88.2 Å². The number of nitrogens with one attached hydrogen (secondary N) is 2. The summed E-state index contributed by atoms with van der Waals surface area (Å²) in [6.07, 6.45) is 2.45. The predicted octanol–water partition coefficient (Wildman–Crippen LogP) is 2.36. The van der Waals surface area contributed by atoms with Crippen molar-refractivity contribution >= 4 is 38.9 Å². The van der Waals surface area contributed by atoms with Gasteiger partial charge in [-0.05, 0) is 24.3 Å². The van der Waals surface area contributed by atoms with E-state index in [9.17, 15) is 13.2 Å². The molecule has 8 heteroatoms. The Morgan fingerprint density at radius 2 is 1.86 bits per heavy atom. The predicted molar refractivity (Wildman–Crippen MR) is 82.1 cm³/mol. The van der Waals surface area contributed by atoms with Crippen molar-refractivity contribution < 1.29 is 13.2 Å². The number of halogens is 1. The molecule has 110 valence electrons. The van der Waals surface area contributed by atoms with Gasteiger partial charge in [0.1, 0.15) is 5.69 Å². The van der Waals surface area contributed by atoms with Crippen LogP contribution < -0.4 is 10.0 Å². The smallest absolute Gasteiger partial charge is 0.274 e. The number of aromatic nitrogens is 1. The van der Waals surface area contributed by atoms with Gasteiger partial charge in [-0.1, -0.05) is 23.7 Å². The minimum atomic E-state index is -3.44. The minimum Gasteiger partial charge on any atom is -0.319 e. The lowest BCUT2D eigenvalue weighted by Crippen LogP contribution is -2.16. The first-order valence-corrected chi connectivity index (χ1v) is 8.12. The molecule has 1 amide bonds. The van der Waals surface area contributed by atoms with Crippen molar-refractivity contribution in [3.8, 4) is 0 Å². The Morgan fingerprint density at radius 3 is 2.48 bits per heavy atom. The summed E-state index contributed by atoms with van der Waals surface area (Å²) in [6, 6.07) is 9.42. The molecule has 0 aliphatic carbocycles. The highest BCUT2D eigenvalue weighted by molar-refractivity contribution is 7.92. The maximum atomic E-state index is 12.1. The minimum absolute atomic E-state index is 0.136. The van der Waals surface area contributed by atoms with Crippen molar-refractivity contribution in [2.75, 3.05) is 16.3 Å². The van der Waals surface area contributed by atoms with Crippen molar-refractivity contribution in [3.63, 3.8) is 0 Å². The summed E-state index contributed by atoms with van der Waals surface area (Å²) in [5, 5.41) is 2.98. The third-order valence-electron chi connectivity index (χ3n) is 2.43. The van der Waals surface area contributed by atoms with Crippen LogP contribution in [0.1, 0.15) is 10.5 Å². The second-order valence-corrected chi connectivity index (χ2v) is 6.42. The van der Waals surface area contributed by atoms with Crippen LogP contribution in [-0.4, -0.2) is 25.6 Å². The van der Waals surface area contributed by atoms with E-state index in [0.29, 0.717) is 10.7 Å². The molecule has 0 saturated carbocycles. The Kier molecular flexibility index (Phi) is 4.44. The third kappa shape index (κ3) is 4.44. The van der Waals surface area contributed by atoms with Gasteiger partial charge in [0.25, 0.3) is 5.91 Å². The largest absolute Gasteiger partial charge is 0.319 e. The standard InChI is InChI=1S/C13H12ClN3O3S/c1-21(19,20)17-11-5-3-2-4-10(11)16-13(18)12-8-9(14)6-7-15-12/h2-8,17H,1H3,(H,16,18). The van der Waals surface area contributed by atoms with E-state index in [1.54, 1.807) is 30.3 Å². The monoisotopic (exact) mass is 325 g/mol. The van der Waals surface area contributed by atoms with E-state index < -0.39 is 15.9 Å². The number of sulfonamides is 1. The highest BCUT2D eigenvalue weighted by atomic mass is 35.5. The Bertz CT molecular complexity index is 778. The lowest BCUT2D eigenvalue weighted by Gasteiger charge is -2.11. The molecule has 21 heavy (non-hydrogen) atoms.